The van der Waals surface area contributed by atoms with Crippen molar-refractivity contribution in [2.24, 2.45) is 5.41 Å². The summed E-state index contributed by atoms with van der Waals surface area (Å²) in [5.74, 6) is -0.185. The predicted molar refractivity (Wildman–Crippen MR) is 90.2 cm³/mol. The van der Waals surface area contributed by atoms with Crippen molar-refractivity contribution in [2.45, 2.75) is 50.5 Å². The van der Waals surface area contributed by atoms with Crippen LogP contribution >= 0.6 is 0 Å². The fraction of sp³-hybridized carbons (Fsp3) is 0.550. The number of hydrogen-bond acceptors (Lipinski definition) is 4. The first-order valence-electron chi connectivity index (χ1n) is 8.99. The van der Waals surface area contributed by atoms with Gasteiger partial charge < -0.3 is 0 Å². The number of likely N-dealkylation sites (tertiary alicyclic amines) is 1. The molecule has 24 heavy (non-hydrogen) atoms. The maximum atomic E-state index is 13.4. The first kappa shape index (κ1) is 15.7. The lowest BCUT2D eigenvalue weighted by Gasteiger charge is -2.43. The van der Waals surface area contributed by atoms with Gasteiger partial charge in [-0.2, -0.15) is 0 Å². The van der Waals surface area contributed by atoms with Gasteiger partial charge in [-0.25, -0.2) is 0 Å². The van der Waals surface area contributed by atoms with Crippen molar-refractivity contribution in [1.29, 1.82) is 0 Å². The Kier molecular flexibility index (Phi) is 3.50. The molecule has 1 saturated heterocycles. The van der Waals surface area contributed by atoms with Crippen molar-refractivity contribution in [1.82, 2.24) is 4.90 Å². The molecule has 4 heteroatoms. The van der Waals surface area contributed by atoms with Gasteiger partial charge in [0.1, 0.15) is 5.78 Å². The topological polar surface area (TPSA) is 54.5 Å². The van der Waals surface area contributed by atoms with Gasteiger partial charge in [-0.05, 0) is 26.3 Å². The van der Waals surface area contributed by atoms with Crippen molar-refractivity contribution >= 4 is 17.3 Å². The maximum Gasteiger partial charge on any atom is 0.192 e. The number of rotatable bonds is 0. The molecule has 0 amide bonds. The normalized spacial score (nSPS) is 30.0. The molecule has 0 N–H and O–H groups in total. The molecule has 1 aromatic rings. The summed E-state index contributed by atoms with van der Waals surface area (Å²) in [7, 11) is 1.84. The molecule has 0 unspecified atom stereocenters. The summed E-state index contributed by atoms with van der Waals surface area (Å²) in [6.07, 6.45) is 5.69. The van der Waals surface area contributed by atoms with Crippen molar-refractivity contribution in [2.75, 3.05) is 13.6 Å². The van der Waals surface area contributed by atoms with Crippen LogP contribution in [0.15, 0.2) is 24.3 Å². The van der Waals surface area contributed by atoms with E-state index in [9.17, 15) is 14.4 Å². The second-order valence-corrected chi connectivity index (χ2v) is 7.51. The monoisotopic (exact) mass is 325 g/mol. The molecule has 2 fully saturated rings. The number of nitrogens with zero attached hydrogens (tertiary/aromatic N) is 1. The number of fused-ring (bicyclic) bond motifs is 2. The minimum Gasteiger partial charge on any atom is -0.299 e. The van der Waals surface area contributed by atoms with Crippen molar-refractivity contribution < 1.29 is 14.4 Å². The highest BCUT2D eigenvalue weighted by Gasteiger charge is 2.71. The Morgan fingerprint density at radius 2 is 1.50 bits per heavy atom. The summed E-state index contributed by atoms with van der Waals surface area (Å²) in [4.78, 5) is 42.0. The molecule has 4 rings (SSSR count). The summed E-state index contributed by atoms with van der Waals surface area (Å²) >= 11 is 0. The summed E-state index contributed by atoms with van der Waals surface area (Å²) in [5, 5.41) is 0. The van der Waals surface area contributed by atoms with Gasteiger partial charge in [0.15, 0.2) is 17.1 Å². The zero-order valence-electron chi connectivity index (χ0n) is 14.1. The second kappa shape index (κ2) is 5.35. The molecule has 4 nitrogen and oxygen atoms in total. The van der Waals surface area contributed by atoms with E-state index in [1.54, 1.807) is 24.3 Å². The minimum atomic E-state index is -1.30. The van der Waals surface area contributed by atoms with Crippen LogP contribution in [0.1, 0.15) is 65.7 Å². The molecule has 1 atom stereocenters. The maximum absolute atomic E-state index is 13.4. The molecule has 126 valence electrons. The molecular weight excluding hydrogens is 302 g/mol. The number of carbonyl (C=O) groups is 3. The fourth-order valence-electron chi connectivity index (χ4n) is 5.32. The van der Waals surface area contributed by atoms with E-state index in [1.165, 1.54) is 0 Å². The van der Waals surface area contributed by atoms with Gasteiger partial charge in [0, 0.05) is 24.1 Å². The third-order valence-electron chi connectivity index (χ3n) is 6.50. The lowest BCUT2D eigenvalue weighted by atomic mass is 9.60. The third kappa shape index (κ3) is 1.70. The summed E-state index contributed by atoms with van der Waals surface area (Å²) in [5.41, 5.74) is -1.16. The molecule has 0 radical (unpaired) electrons. The largest absolute Gasteiger partial charge is 0.299 e. The standard InChI is InChI=1S/C20H23NO3/c1-21-13-12-19(11-7-3-2-4-10-16(19)22)20(21)17(23)14-8-5-6-9-15(14)18(20)24/h5-6,8-9H,2-4,7,10-13H2,1H3/t19-/m0/s1. The Labute approximate surface area is 142 Å². The van der Waals surface area contributed by atoms with Crippen molar-refractivity contribution in [3.63, 3.8) is 0 Å². The molecule has 0 aromatic heterocycles. The first-order chi connectivity index (χ1) is 11.6. The Balaban J connectivity index is 1.93. The Morgan fingerprint density at radius 1 is 0.875 bits per heavy atom. The lowest BCUT2D eigenvalue weighted by Crippen LogP contribution is -2.63. The number of hydrogen-bond donors (Lipinski definition) is 0. The first-order valence-corrected chi connectivity index (χ1v) is 8.99. The Morgan fingerprint density at radius 3 is 2.17 bits per heavy atom. The molecule has 3 aliphatic rings. The average Bonchev–Trinajstić information content (AvgIpc) is 3.00. The Bertz CT molecular complexity index is 703. The predicted octanol–water partition coefficient (Wildman–Crippen LogP) is 3.05. The lowest BCUT2D eigenvalue weighted by molar-refractivity contribution is -0.132. The van der Waals surface area contributed by atoms with E-state index in [-0.39, 0.29) is 17.3 Å². The Hall–Kier alpha value is -1.81. The molecular formula is C20H23NO3. The number of Topliss-reactive ketones (excluding diaryl/α,β-unsaturated/α-hetero) is 3. The van der Waals surface area contributed by atoms with Gasteiger partial charge >= 0.3 is 0 Å². The number of ketones is 3. The molecule has 2 spiro atoms. The SMILES string of the molecule is CN1CC[C@]2(CCCCCCC2=O)C12C(=O)c1ccccc1C2=O. The van der Waals surface area contributed by atoms with Crippen LogP contribution in [-0.4, -0.2) is 41.4 Å². The van der Waals surface area contributed by atoms with Crippen LogP contribution in [0.3, 0.4) is 0 Å². The smallest absolute Gasteiger partial charge is 0.192 e. The van der Waals surface area contributed by atoms with Gasteiger partial charge in [-0.3, -0.25) is 19.3 Å². The molecule has 0 bridgehead atoms. The van der Waals surface area contributed by atoms with Crippen LogP contribution in [-0.2, 0) is 4.79 Å². The quantitative estimate of drug-likeness (QED) is 0.688. The van der Waals surface area contributed by atoms with Gasteiger partial charge in [0.05, 0.1) is 5.41 Å². The minimum absolute atomic E-state index is 0.126. The zero-order chi connectivity index (χ0) is 16.9. The molecule has 1 saturated carbocycles. The van der Waals surface area contributed by atoms with E-state index in [1.807, 2.05) is 11.9 Å². The van der Waals surface area contributed by atoms with Crippen LogP contribution in [0.25, 0.3) is 0 Å². The van der Waals surface area contributed by atoms with Crippen LogP contribution < -0.4 is 0 Å². The fourth-order valence-corrected chi connectivity index (χ4v) is 5.32. The third-order valence-corrected chi connectivity index (χ3v) is 6.50. The molecule has 2 aliphatic carbocycles. The van der Waals surface area contributed by atoms with E-state index < -0.39 is 11.0 Å². The van der Waals surface area contributed by atoms with E-state index >= 15 is 0 Å². The summed E-state index contributed by atoms with van der Waals surface area (Å²) in [6.45, 7) is 0.622. The molecule has 1 aromatic carbocycles. The van der Waals surface area contributed by atoms with Gasteiger partial charge in [0.2, 0.25) is 0 Å². The van der Waals surface area contributed by atoms with Gasteiger partial charge in [-0.1, -0.05) is 43.5 Å². The van der Waals surface area contributed by atoms with Gasteiger partial charge in [-0.15, -0.1) is 0 Å². The van der Waals surface area contributed by atoms with E-state index in [2.05, 4.69) is 0 Å². The zero-order valence-corrected chi connectivity index (χ0v) is 14.1. The second-order valence-electron chi connectivity index (χ2n) is 7.51. The van der Waals surface area contributed by atoms with Gasteiger partial charge in [0.25, 0.3) is 0 Å². The van der Waals surface area contributed by atoms with E-state index in [0.29, 0.717) is 36.9 Å². The highest BCUT2D eigenvalue weighted by atomic mass is 16.2. The van der Waals surface area contributed by atoms with Crippen molar-refractivity contribution in [3.8, 4) is 0 Å². The van der Waals surface area contributed by atoms with Crippen molar-refractivity contribution in [3.05, 3.63) is 35.4 Å². The summed E-state index contributed by atoms with van der Waals surface area (Å²) in [6, 6.07) is 7.06. The van der Waals surface area contributed by atoms with E-state index in [0.717, 1.165) is 25.7 Å². The average molecular weight is 325 g/mol. The van der Waals surface area contributed by atoms with Crippen LogP contribution in [0, 0.1) is 5.41 Å². The van der Waals surface area contributed by atoms with Crippen LogP contribution in [0.4, 0.5) is 0 Å². The van der Waals surface area contributed by atoms with E-state index in [4.69, 9.17) is 0 Å². The number of carbonyl (C=O) groups excluding carboxylic acids is 3. The molecule has 1 heterocycles. The number of likely N-dealkylation sites (N-methyl/N-ethyl adjacent to an activating group) is 1. The van der Waals surface area contributed by atoms with Crippen LogP contribution in [0.2, 0.25) is 0 Å². The highest BCUT2D eigenvalue weighted by Crippen LogP contribution is 2.56. The number of benzene rings is 1. The molecule has 1 aliphatic heterocycles. The summed E-state index contributed by atoms with van der Waals surface area (Å²) < 4.78 is 0. The highest BCUT2D eigenvalue weighted by molar-refractivity contribution is 6.35. The van der Waals surface area contributed by atoms with Crippen LogP contribution in [0.5, 0.6) is 0 Å².